The number of halogens is 5. The molecule has 0 aliphatic carbocycles. The fourth-order valence-electron chi connectivity index (χ4n) is 3.67. The molecule has 1 fully saturated rings. The number of hydrogen-bond acceptors (Lipinski definition) is 5. The van der Waals surface area contributed by atoms with Crippen LogP contribution in [0.2, 0.25) is 0 Å². The number of carbonyl (C=O) groups is 1. The number of benzene rings is 1. The lowest BCUT2D eigenvalue weighted by atomic mass is 9.95. The number of piperidine rings is 1. The summed E-state index contributed by atoms with van der Waals surface area (Å²) in [6, 6.07) is 4.51. The van der Waals surface area contributed by atoms with Crippen LogP contribution in [-0.2, 0) is 17.4 Å². The van der Waals surface area contributed by atoms with Gasteiger partial charge in [-0.2, -0.15) is 18.3 Å². The highest BCUT2D eigenvalue weighted by Crippen LogP contribution is 2.34. The van der Waals surface area contributed by atoms with Crippen molar-refractivity contribution in [3.8, 4) is 5.75 Å². The molecule has 2 N–H and O–H groups in total. The third-order valence-corrected chi connectivity index (χ3v) is 6.59. The van der Waals surface area contributed by atoms with Crippen LogP contribution in [0.4, 0.5) is 19.0 Å². The monoisotopic (exact) mass is 590 g/mol. The molecule has 11 heteroatoms. The number of carbonyl (C=O) groups excluding carboxylic acids is 1. The molecule has 1 saturated heterocycles. The zero-order valence-corrected chi connectivity index (χ0v) is 21.0. The summed E-state index contributed by atoms with van der Waals surface area (Å²) in [5.41, 5.74) is 3.06. The standard InChI is InChI=1S/C22H23Br2F3N4O2/c1-2-3-15-10-16(22(25,26)27)12-28-20(15)31-6-4-14(5-7-31)21(33)30-29-11-13-8-17(23)19(32)18(24)9-13/h8-12,14,32H,2-7H2,1H3,(H,30,33)/b29-11+. The number of aryl methyl sites for hydroxylation is 1. The van der Waals surface area contributed by atoms with Crippen LogP contribution in [0.25, 0.3) is 0 Å². The van der Waals surface area contributed by atoms with Gasteiger partial charge in [0.05, 0.1) is 20.7 Å². The summed E-state index contributed by atoms with van der Waals surface area (Å²) in [7, 11) is 0. The van der Waals surface area contributed by atoms with E-state index in [2.05, 4.69) is 47.4 Å². The van der Waals surface area contributed by atoms with E-state index in [0.29, 0.717) is 64.7 Å². The molecule has 0 bridgehead atoms. The summed E-state index contributed by atoms with van der Waals surface area (Å²) in [6.45, 7) is 2.96. The van der Waals surface area contributed by atoms with Crippen LogP contribution >= 0.6 is 31.9 Å². The first-order valence-electron chi connectivity index (χ1n) is 10.4. The first-order chi connectivity index (χ1) is 15.6. The van der Waals surface area contributed by atoms with Crippen LogP contribution in [-0.4, -0.2) is 35.3 Å². The number of aromatic hydroxyl groups is 1. The third kappa shape index (κ3) is 6.47. The minimum Gasteiger partial charge on any atom is -0.506 e. The Balaban J connectivity index is 1.60. The molecule has 0 spiro atoms. The Labute approximate surface area is 206 Å². The second-order valence-corrected chi connectivity index (χ2v) is 9.49. The van der Waals surface area contributed by atoms with E-state index in [9.17, 15) is 23.1 Å². The van der Waals surface area contributed by atoms with E-state index in [1.54, 1.807) is 12.1 Å². The number of hydrazone groups is 1. The van der Waals surface area contributed by atoms with Crippen LogP contribution in [0.1, 0.15) is 42.9 Å². The molecule has 1 aromatic carbocycles. The molecule has 0 atom stereocenters. The second-order valence-electron chi connectivity index (χ2n) is 7.78. The van der Waals surface area contributed by atoms with Crippen LogP contribution in [0.15, 0.2) is 38.4 Å². The summed E-state index contributed by atoms with van der Waals surface area (Å²) in [6.07, 6.45) is 0.239. The Morgan fingerprint density at radius 1 is 1.27 bits per heavy atom. The Morgan fingerprint density at radius 2 is 1.91 bits per heavy atom. The number of phenolic OH excluding ortho intramolecular Hbond substituents is 1. The lowest BCUT2D eigenvalue weighted by Crippen LogP contribution is -2.40. The SMILES string of the molecule is CCCc1cc(C(F)(F)F)cnc1N1CCC(C(=O)N/N=C/c2cc(Br)c(O)c(Br)c2)CC1. The van der Waals surface area contributed by atoms with Gasteiger partial charge in [-0.15, -0.1) is 0 Å². The second kappa shape index (κ2) is 10.9. The van der Waals surface area contributed by atoms with Crippen molar-refractivity contribution in [3.63, 3.8) is 0 Å². The Hall–Kier alpha value is -2.14. The number of nitrogens with zero attached hydrogens (tertiary/aromatic N) is 3. The molecular weight excluding hydrogens is 569 g/mol. The molecule has 1 amide bonds. The summed E-state index contributed by atoms with van der Waals surface area (Å²) in [5.74, 6) is 0.176. The van der Waals surface area contributed by atoms with Gasteiger partial charge in [-0.25, -0.2) is 10.4 Å². The number of amides is 1. The molecule has 0 unspecified atom stereocenters. The molecule has 1 aromatic heterocycles. The number of aromatic nitrogens is 1. The lowest BCUT2D eigenvalue weighted by Gasteiger charge is -2.33. The average molecular weight is 592 g/mol. The van der Waals surface area contributed by atoms with Gasteiger partial charge in [-0.1, -0.05) is 13.3 Å². The predicted octanol–water partition coefficient (Wildman–Crippen LogP) is 5.65. The number of rotatable bonds is 6. The van der Waals surface area contributed by atoms with Crippen LogP contribution in [0.3, 0.4) is 0 Å². The maximum Gasteiger partial charge on any atom is 0.417 e. The Kier molecular flexibility index (Phi) is 8.38. The summed E-state index contributed by atoms with van der Waals surface area (Å²) < 4.78 is 40.2. The molecule has 6 nitrogen and oxygen atoms in total. The average Bonchev–Trinajstić information content (AvgIpc) is 2.77. The van der Waals surface area contributed by atoms with Gasteiger partial charge in [0, 0.05) is 25.2 Å². The van der Waals surface area contributed by atoms with Gasteiger partial charge in [0.15, 0.2) is 0 Å². The van der Waals surface area contributed by atoms with Crippen molar-refractivity contribution in [2.24, 2.45) is 11.0 Å². The van der Waals surface area contributed by atoms with Gasteiger partial charge in [-0.05, 0) is 80.4 Å². The van der Waals surface area contributed by atoms with Gasteiger partial charge in [0.25, 0.3) is 0 Å². The zero-order chi connectivity index (χ0) is 24.2. The first-order valence-corrected chi connectivity index (χ1v) is 12.0. The van der Waals surface area contributed by atoms with Gasteiger partial charge in [0.2, 0.25) is 5.91 Å². The highest BCUT2D eigenvalue weighted by atomic mass is 79.9. The predicted molar refractivity (Wildman–Crippen MR) is 127 cm³/mol. The van der Waals surface area contributed by atoms with E-state index in [4.69, 9.17) is 0 Å². The quantitative estimate of drug-likeness (QED) is 0.336. The number of phenols is 1. The normalized spacial score (nSPS) is 15.3. The summed E-state index contributed by atoms with van der Waals surface area (Å²) in [4.78, 5) is 18.6. The number of hydrogen-bond donors (Lipinski definition) is 2. The maximum absolute atomic E-state index is 13.1. The Bertz CT molecular complexity index is 1020. The summed E-state index contributed by atoms with van der Waals surface area (Å²) >= 11 is 6.48. The van der Waals surface area contributed by atoms with Gasteiger partial charge in [-0.3, -0.25) is 4.79 Å². The summed E-state index contributed by atoms with van der Waals surface area (Å²) in [5, 5.41) is 13.7. The molecule has 1 aliphatic heterocycles. The third-order valence-electron chi connectivity index (χ3n) is 5.38. The number of alkyl halides is 3. The fourth-order valence-corrected chi connectivity index (χ4v) is 4.89. The van der Waals surface area contributed by atoms with E-state index in [1.165, 1.54) is 12.3 Å². The van der Waals surface area contributed by atoms with Crippen LogP contribution in [0.5, 0.6) is 5.75 Å². The minimum absolute atomic E-state index is 0.0765. The zero-order valence-electron chi connectivity index (χ0n) is 17.8. The molecular formula is C22H23Br2F3N4O2. The van der Waals surface area contributed by atoms with Crippen LogP contribution < -0.4 is 10.3 Å². The van der Waals surface area contributed by atoms with Crippen molar-refractivity contribution in [3.05, 3.63) is 50.0 Å². The molecule has 3 rings (SSSR count). The van der Waals surface area contributed by atoms with Crippen molar-refractivity contribution in [2.75, 3.05) is 18.0 Å². The van der Waals surface area contributed by atoms with Crippen molar-refractivity contribution in [2.45, 2.75) is 38.8 Å². The highest BCUT2D eigenvalue weighted by molar-refractivity contribution is 9.11. The fraction of sp³-hybridized carbons (Fsp3) is 0.409. The van der Waals surface area contributed by atoms with Gasteiger partial charge >= 0.3 is 6.18 Å². The van der Waals surface area contributed by atoms with E-state index in [-0.39, 0.29) is 17.6 Å². The van der Waals surface area contributed by atoms with Crippen molar-refractivity contribution in [1.29, 1.82) is 0 Å². The Morgan fingerprint density at radius 3 is 2.48 bits per heavy atom. The van der Waals surface area contributed by atoms with E-state index >= 15 is 0 Å². The lowest BCUT2D eigenvalue weighted by molar-refractivity contribution is -0.137. The minimum atomic E-state index is -4.42. The largest absolute Gasteiger partial charge is 0.506 e. The molecule has 0 saturated carbocycles. The number of nitrogens with one attached hydrogen (secondary N) is 1. The molecule has 1 aliphatic rings. The molecule has 2 heterocycles. The first kappa shape index (κ1) is 25.5. The van der Waals surface area contributed by atoms with Gasteiger partial charge < -0.3 is 10.0 Å². The van der Waals surface area contributed by atoms with E-state index in [0.717, 1.165) is 6.20 Å². The van der Waals surface area contributed by atoms with Crippen LogP contribution in [0, 0.1) is 5.92 Å². The van der Waals surface area contributed by atoms with Crippen molar-refractivity contribution in [1.82, 2.24) is 10.4 Å². The van der Waals surface area contributed by atoms with Crippen molar-refractivity contribution >= 4 is 49.8 Å². The molecule has 33 heavy (non-hydrogen) atoms. The molecule has 0 radical (unpaired) electrons. The number of anilines is 1. The highest BCUT2D eigenvalue weighted by Gasteiger charge is 2.33. The topological polar surface area (TPSA) is 77.8 Å². The van der Waals surface area contributed by atoms with Crippen molar-refractivity contribution < 1.29 is 23.1 Å². The van der Waals surface area contributed by atoms with E-state index < -0.39 is 11.7 Å². The number of pyridine rings is 1. The maximum atomic E-state index is 13.1. The molecule has 2 aromatic rings. The van der Waals surface area contributed by atoms with Gasteiger partial charge in [0.1, 0.15) is 11.6 Å². The molecule has 178 valence electrons. The van der Waals surface area contributed by atoms with E-state index in [1.807, 2.05) is 11.8 Å². The smallest absolute Gasteiger partial charge is 0.417 e.